The molecule has 3 aromatic carbocycles. The van der Waals surface area contributed by atoms with E-state index in [-0.39, 0.29) is 5.91 Å². The lowest BCUT2D eigenvalue weighted by molar-refractivity contribution is 0.101. The summed E-state index contributed by atoms with van der Waals surface area (Å²) in [6, 6.07) is 6.00. The van der Waals surface area contributed by atoms with E-state index < -0.39 is 0 Å². The summed E-state index contributed by atoms with van der Waals surface area (Å²) in [6.45, 7) is 0. The average molecular weight is 823 g/mol. The van der Waals surface area contributed by atoms with E-state index in [9.17, 15) is 4.79 Å². The molecule has 140 valence electrons. The highest BCUT2D eigenvalue weighted by molar-refractivity contribution is 9.15. The molecule has 5 rings (SSSR count). The molecule has 1 amide bonds. The number of fused-ring (bicyclic) bond motifs is 4. The molecule has 28 heavy (non-hydrogen) atoms. The monoisotopic (exact) mass is 815 g/mol. The maximum Gasteiger partial charge on any atom is 0.266 e. The van der Waals surface area contributed by atoms with Gasteiger partial charge in [-0.05, 0) is 129 Å². The predicted molar refractivity (Wildman–Crippen MR) is 137 cm³/mol. The number of halogens is 7. The lowest BCUT2D eigenvalue weighted by Gasteiger charge is -2.27. The smallest absolute Gasteiger partial charge is 0.266 e. The van der Waals surface area contributed by atoms with E-state index in [1.807, 2.05) is 18.2 Å². The molecule has 0 saturated heterocycles. The molecular weight excluding hydrogens is 820 g/mol. The number of aliphatic imine (C=N–C) groups is 1. The molecule has 0 bridgehead atoms. The first-order valence-corrected chi connectivity index (χ1v) is 13.2. The number of carbonyl (C=O) groups is 1. The lowest BCUT2D eigenvalue weighted by Crippen LogP contribution is -2.32. The largest absolute Gasteiger partial charge is 0.268 e. The Balaban J connectivity index is 1.99. The lowest BCUT2D eigenvalue weighted by atomic mass is 10.0. The zero-order valence-electron chi connectivity index (χ0n) is 13.2. The molecule has 2 aliphatic heterocycles. The Morgan fingerprint density at radius 2 is 1.39 bits per heavy atom. The quantitative estimate of drug-likeness (QED) is 0.165. The summed E-state index contributed by atoms with van der Waals surface area (Å²) in [6.07, 6.45) is 0. The topological polar surface area (TPSA) is 32.7 Å². The van der Waals surface area contributed by atoms with Gasteiger partial charge in [-0.15, -0.1) is 0 Å². The Morgan fingerprint density at radius 1 is 0.750 bits per heavy atom. The minimum absolute atomic E-state index is 0.139. The third-order valence-corrected chi connectivity index (χ3v) is 12.0. The van der Waals surface area contributed by atoms with Crippen molar-refractivity contribution in [1.82, 2.24) is 0 Å². The Hall–Kier alpha value is 0.420. The van der Waals surface area contributed by atoms with Crippen molar-refractivity contribution in [3.8, 4) is 0 Å². The zero-order chi connectivity index (χ0) is 20.1. The molecule has 0 fully saturated rings. The van der Waals surface area contributed by atoms with E-state index in [0.29, 0.717) is 15.9 Å². The highest BCUT2D eigenvalue weighted by atomic mass is 79.9. The molecule has 2 heterocycles. The van der Waals surface area contributed by atoms with Crippen molar-refractivity contribution in [2.75, 3.05) is 4.90 Å². The molecule has 0 aliphatic carbocycles. The van der Waals surface area contributed by atoms with Gasteiger partial charge >= 0.3 is 0 Å². The van der Waals surface area contributed by atoms with Crippen LogP contribution in [0.15, 0.2) is 54.5 Å². The normalized spacial score (nSPS) is 14.5. The fraction of sp³-hybridized carbons (Fsp3) is 0. The summed E-state index contributed by atoms with van der Waals surface area (Å²) in [5.74, 6) is 0.445. The van der Waals surface area contributed by atoms with Gasteiger partial charge in [0, 0.05) is 37.8 Å². The van der Waals surface area contributed by atoms with Gasteiger partial charge in [0.15, 0.2) is 0 Å². The standard InChI is InChI=1S/C18H3Br7N2O/c19-5-2-1-4-3-6(20)10(21)16-7(4)15(5)26-17-8-9(18(28)27(16)17)12(23)14(25)13(24)11(8)22/h1-3H. The second-order valence-electron chi connectivity index (χ2n) is 6.10. The minimum Gasteiger partial charge on any atom is -0.268 e. The highest BCUT2D eigenvalue weighted by Crippen LogP contribution is 2.54. The Morgan fingerprint density at radius 3 is 2.07 bits per heavy atom. The van der Waals surface area contributed by atoms with Crippen LogP contribution >= 0.6 is 112 Å². The zero-order valence-corrected chi connectivity index (χ0v) is 24.3. The Kier molecular flexibility index (Phi) is 5.06. The van der Waals surface area contributed by atoms with Gasteiger partial charge in [-0.25, -0.2) is 4.99 Å². The van der Waals surface area contributed by atoms with Crippen LogP contribution in [-0.2, 0) is 0 Å². The van der Waals surface area contributed by atoms with Gasteiger partial charge in [0.1, 0.15) is 5.84 Å². The van der Waals surface area contributed by atoms with Crippen LogP contribution in [0.3, 0.4) is 0 Å². The summed E-state index contributed by atoms with van der Waals surface area (Å²) < 4.78 is 5.58. The van der Waals surface area contributed by atoms with Gasteiger partial charge in [0.2, 0.25) is 0 Å². The van der Waals surface area contributed by atoms with Crippen LogP contribution in [0.4, 0.5) is 11.4 Å². The number of hydrogen-bond acceptors (Lipinski definition) is 2. The van der Waals surface area contributed by atoms with Gasteiger partial charge in [-0.3, -0.25) is 9.69 Å². The van der Waals surface area contributed by atoms with E-state index >= 15 is 0 Å². The third-order valence-electron chi connectivity index (χ3n) is 4.66. The van der Waals surface area contributed by atoms with E-state index in [4.69, 9.17) is 4.99 Å². The molecule has 3 nitrogen and oxygen atoms in total. The number of amides is 1. The van der Waals surface area contributed by atoms with Crippen molar-refractivity contribution in [3.05, 3.63) is 60.6 Å². The minimum atomic E-state index is -0.139. The molecule has 0 saturated carbocycles. The number of benzene rings is 3. The van der Waals surface area contributed by atoms with Crippen LogP contribution in [0.1, 0.15) is 15.9 Å². The van der Waals surface area contributed by atoms with Crippen LogP contribution < -0.4 is 4.90 Å². The highest BCUT2D eigenvalue weighted by Gasteiger charge is 2.44. The fourth-order valence-electron chi connectivity index (χ4n) is 3.47. The number of rotatable bonds is 0. The maximum absolute atomic E-state index is 13.6. The van der Waals surface area contributed by atoms with Crippen molar-refractivity contribution < 1.29 is 4.79 Å². The SMILES string of the molecule is O=C1c2c(Br)c(Br)c(Br)c(Br)c2C2=Nc3c(Br)ccc4cc(Br)c(Br)c(c34)N12. The number of hydrogen-bond donors (Lipinski definition) is 0. The van der Waals surface area contributed by atoms with Crippen LogP contribution in [-0.4, -0.2) is 11.7 Å². The number of amidine groups is 1. The van der Waals surface area contributed by atoms with Gasteiger partial charge in [0.25, 0.3) is 5.91 Å². The first-order valence-electron chi connectivity index (χ1n) is 7.63. The summed E-state index contributed by atoms with van der Waals surface area (Å²) in [7, 11) is 0. The van der Waals surface area contributed by atoms with Gasteiger partial charge in [0.05, 0.1) is 21.4 Å². The van der Waals surface area contributed by atoms with Crippen LogP contribution in [0.5, 0.6) is 0 Å². The molecule has 0 N–H and O–H groups in total. The summed E-state index contributed by atoms with van der Waals surface area (Å²) in [5.41, 5.74) is 2.88. The van der Waals surface area contributed by atoms with Crippen LogP contribution in [0.25, 0.3) is 10.8 Å². The fourth-order valence-corrected chi connectivity index (χ4v) is 7.28. The molecule has 0 spiro atoms. The molecule has 2 aliphatic rings. The average Bonchev–Trinajstić information content (AvgIpc) is 2.97. The van der Waals surface area contributed by atoms with Gasteiger partial charge in [-0.2, -0.15) is 0 Å². The van der Waals surface area contributed by atoms with E-state index in [0.717, 1.165) is 54.5 Å². The molecule has 0 aromatic heterocycles. The van der Waals surface area contributed by atoms with Crippen molar-refractivity contribution in [2.45, 2.75) is 0 Å². The van der Waals surface area contributed by atoms with Crippen molar-refractivity contribution in [1.29, 1.82) is 0 Å². The van der Waals surface area contributed by atoms with Gasteiger partial charge in [-0.1, -0.05) is 6.07 Å². The second kappa shape index (κ2) is 6.97. The Labute approximate surface area is 218 Å². The van der Waals surface area contributed by atoms with Crippen LogP contribution in [0, 0.1) is 0 Å². The van der Waals surface area contributed by atoms with Crippen LogP contribution in [0.2, 0.25) is 0 Å². The predicted octanol–water partition coefficient (Wildman–Crippen LogP) is 9.23. The van der Waals surface area contributed by atoms with Crippen molar-refractivity contribution >= 4 is 145 Å². The first-order chi connectivity index (χ1) is 13.2. The Bertz CT molecular complexity index is 1320. The summed E-state index contributed by atoms with van der Waals surface area (Å²) in [4.78, 5) is 20.2. The molecule has 10 heteroatoms. The van der Waals surface area contributed by atoms with Gasteiger partial charge < -0.3 is 0 Å². The van der Waals surface area contributed by atoms with E-state index in [1.165, 1.54) is 0 Å². The summed E-state index contributed by atoms with van der Waals surface area (Å²) in [5, 5.41) is 1.91. The van der Waals surface area contributed by atoms with E-state index in [2.05, 4.69) is 112 Å². The number of carbonyl (C=O) groups excluding carboxylic acids is 1. The summed E-state index contributed by atoms with van der Waals surface area (Å²) >= 11 is 25.3. The second-order valence-corrected chi connectivity index (χ2v) is 11.8. The molecular formula is C18H3Br7N2O. The molecule has 0 unspecified atom stereocenters. The van der Waals surface area contributed by atoms with Crippen molar-refractivity contribution in [2.24, 2.45) is 4.99 Å². The van der Waals surface area contributed by atoms with Crippen molar-refractivity contribution in [3.63, 3.8) is 0 Å². The number of anilines is 1. The maximum atomic E-state index is 13.6. The molecule has 0 atom stereocenters. The number of nitrogens with zero attached hydrogens (tertiary/aromatic N) is 2. The third kappa shape index (κ3) is 2.58. The first kappa shape index (κ1) is 20.3. The van der Waals surface area contributed by atoms with E-state index in [1.54, 1.807) is 4.90 Å². The molecule has 0 radical (unpaired) electrons. The molecule has 3 aromatic rings.